The topological polar surface area (TPSA) is 0 Å². The largest absolute Gasteiger partial charge is 0.0629 e. The zero-order chi connectivity index (χ0) is 9.97. The molecule has 0 N–H and O–H groups in total. The van der Waals surface area contributed by atoms with E-state index in [0.29, 0.717) is 12.1 Å². The maximum atomic E-state index is 7.73. The summed E-state index contributed by atoms with van der Waals surface area (Å²) < 4.78 is 15.1. The highest BCUT2D eigenvalue weighted by molar-refractivity contribution is 5.62. The molecule has 0 bridgehead atoms. The van der Waals surface area contributed by atoms with Crippen molar-refractivity contribution >= 4 is 0 Å². The molecule has 0 fully saturated rings. The van der Waals surface area contributed by atoms with Crippen LogP contribution in [0.1, 0.15) is 2.74 Å². The lowest BCUT2D eigenvalue weighted by atomic mass is 10.1. The second-order valence-electron chi connectivity index (χ2n) is 2.57. The first-order valence-electron chi connectivity index (χ1n) is 4.90. The van der Waals surface area contributed by atoms with E-state index in [9.17, 15) is 0 Å². The molecule has 0 saturated heterocycles. The maximum absolute atomic E-state index is 7.73. The van der Waals surface area contributed by atoms with E-state index in [1.807, 2.05) is 36.4 Å². The van der Waals surface area contributed by atoms with Crippen molar-refractivity contribution in [2.75, 3.05) is 0 Å². The maximum Gasteiger partial charge on any atom is 0.0629 e. The van der Waals surface area contributed by atoms with Crippen LogP contribution in [0, 0.1) is 0 Å². The lowest BCUT2D eigenvalue weighted by Gasteiger charge is -1.98. The molecular formula is C12H10. The summed E-state index contributed by atoms with van der Waals surface area (Å²) in [4.78, 5) is 0. The van der Waals surface area contributed by atoms with E-state index < -0.39 is 0 Å². The van der Waals surface area contributed by atoms with Crippen molar-refractivity contribution in [1.29, 1.82) is 0 Å². The van der Waals surface area contributed by atoms with Crippen LogP contribution in [0.2, 0.25) is 0 Å². The van der Waals surface area contributed by atoms with Crippen LogP contribution in [0.4, 0.5) is 0 Å². The Labute approximate surface area is 75.3 Å². The molecule has 0 saturated carbocycles. The molecule has 0 heteroatoms. The standard InChI is InChI=1S/C12H10/c1-3-7-11(8-4-1)12-9-5-2-6-10-12/h1-10H/i1D,7D. The molecule has 2 aromatic rings. The minimum absolute atomic E-state index is 0.384. The van der Waals surface area contributed by atoms with E-state index in [1.165, 1.54) is 0 Å². The van der Waals surface area contributed by atoms with Crippen LogP contribution >= 0.6 is 0 Å². The predicted molar refractivity (Wildman–Crippen MR) is 51.9 cm³/mol. The van der Waals surface area contributed by atoms with E-state index in [1.54, 1.807) is 12.1 Å². The minimum Gasteiger partial charge on any atom is -0.0622 e. The lowest BCUT2D eigenvalue weighted by Crippen LogP contribution is -1.73. The number of hydrogen-bond acceptors (Lipinski definition) is 0. The second kappa shape index (κ2) is 3.22. The molecule has 0 aliphatic rings. The SMILES string of the molecule is [2H]c1ccc(-c2ccccc2)c([2H])c1. The van der Waals surface area contributed by atoms with Gasteiger partial charge in [-0.05, 0) is 11.1 Å². The summed E-state index contributed by atoms with van der Waals surface area (Å²) in [6, 6.07) is 15.7. The van der Waals surface area contributed by atoms with Gasteiger partial charge in [0.05, 0.1) is 2.74 Å². The molecule has 58 valence electrons. The molecule has 0 amide bonds. The van der Waals surface area contributed by atoms with Gasteiger partial charge >= 0.3 is 0 Å². The Morgan fingerprint density at radius 1 is 0.750 bits per heavy atom. The van der Waals surface area contributed by atoms with Crippen molar-refractivity contribution in [1.82, 2.24) is 0 Å². The molecule has 0 heterocycles. The normalized spacial score (nSPS) is 12.0. The monoisotopic (exact) mass is 156 g/mol. The van der Waals surface area contributed by atoms with Crippen LogP contribution in [0.3, 0.4) is 0 Å². The Morgan fingerprint density at radius 2 is 1.50 bits per heavy atom. The average molecular weight is 156 g/mol. The van der Waals surface area contributed by atoms with Crippen LogP contribution in [0.25, 0.3) is 11.1 Å². The highest BCUT2D eigenvalue weighted by atomic mass is 14.0. The van der Waals surface area contributed by atoms with Crippen molar-refractivity contribution in [3.8, 4) is 11.1 Å². The first-order chi connectivity index (χ1) is 6.77. The molecule has 0 aliphatic carbocycles. The summed E-state index contributed by atoms with van der Waals surface area (Å²) in [7, 11) is 0. The average Bonchev–Trinajstić information content (AvgIpc) is 2.19. The van der Waals surface area contributed by atoms with E-state index in [2.05, 4.69) is 0 Å². The van der Waals surface area contributed by atoms with Gasteiger partial charge in [0.1, 0.15) is 0 Å². The third-order valence-electron chi connectivity index (χ3n) is 1.74. The molecule has 0 aromatic heterocycles. The lowest BCUT2D eigenvalue weighted by molar-refractivity contribution is 1.62. The first-order valence-corrected chi connectivity index (χ1v) is 3.90. The fourth-order valence-electron chi connectivity index (χ4n) is 1.14. The summed E-state index contributed by atoms with van der Waals surface area (Å²) in [5, 5.41) is 0. The summed E-state index contributed by atoms with van der Waals surface area (Å²) in [5.41, 5.74) is 1.90. The van der Waals surface area contributed by atoms with Crippen LogP contribution < -0.4 is 0 Å². The zero-order valence-electron chi connectivity index (χ0n) is 8.62. The van der Waals surface area contributed by atoms with Crippen LogP contribution in [-0.4, -0.2) is 0 Å². The number of rotatable bonds is 1. The van der Waals surface area contributed by atoms with Gasteiger partial charge in [-0.2, -0.15) is 0 Å². The molecule has 0 unspecified atom stereocenters. The Morgan fingerprint density at radius 3 is 2.25 bits per heavy atom. The Kier molecular flexibility index (Phi) is 1.38. The van der Waals surface area contributed by atoms with Gasteiger partial charge in [-0.25, -0.2) is 0 Å². The van der Waals surface area contributed by atoms with Gasteiger partial charge in [0.15, 0.2) is 0 Å². The zero-order valence-corrected chi connectivity index (χ0v) is 6.62. The highest BCUT2D eigenvalue weighted by Gasteiger charge is 1.91. The van der Waals surface area contributed by atoms with Gasteiger partial charge in [-0.15, -0.1) is 0 Å². The van der Waals surface area contributed by atoms with Gasteiger partial charge in [-0.1, -0.05) is 60.6 Å². The van der Waals surface area contributed by atoms with Crippen LogP contribution in [0.15, 0.2) is 60.6 Å². The van der Waals surface area contributed by atoms with E-state index in [4.69, 9.17) is 2.74 Å². The fraction of sp³-hybridized carbons (Fsp3) is 0. The first kappa shape index (κ1) is 5.15. The molecular weight excluding hydrogens is 144 g/mol. The van der Waals surface area contributed by atoms with Crippen LogP contribution in [-0.2, 0) is 0 Å². The molecule has 0 spiro atoms. The highest BCUT2D eigenvalue weighted by Crippen LogP contribution is 2.17. The predicted octanol–water partition coefficient (Wildman–Crippen LogP) is 3.35. The van der Waals surface area contributed by atoms with Gasteiger partial charge in [0.25, 0.3) is 0 Å². The number of benzene rings is 2. The van der Waals surface area contributed by atoms with E-state index in [0.717, 1.165) is 11.1 Å². The Hall–Kier alpha value is -1.56. The van der Waals surface area contributed by atoms with E-state index in [-0.39, 0.29) is 0 Å². The minimum atomic E-state index is 0.384. The van der Waals surface area contributed by atoms with Crippen molar-refractivity contribution in [2.24, 2.45) is 0 Å². The van der Waals surface area contributed by atoms with Crippen molar-refractivity contribution in [2.45, 2.75) is 0 Å². The van der Waals surface area contributed by atoms with Crippen molar-refractivity contribution in [3.05, 3.63) is 60.6 Å². The van der Waals surface area contributed by atoms with Gasteiger partial charge in [0.2, 0.25) is 0 Å². The third-order valence-corrected chi connectivity index (χ3v) is 1.74. The Balaban J connectivity index is 2.53. The summed E-state index contributed by atoms with van der Waals surface area (Å²) >= 11 is 0. The van der Waals surface area contributed by atoms with Gasteiger partial charge in [0, 0.05) is 0 Å². The van der Waals surface area contributed by atoms with Crippen LogP contribution in [0.5, 0.6) is 0 Å². The Bertz CT molecular complexity index is 435. The summed E-state index contributed by atoms with van der Waals surface area (Å²) in [6.07, 6.45) is 0. The third kappa shape index (κ3) is 1.37. The molecule has 12 heavy (non-hydrogen) atoms. The number of hydrogen-bond donors (Lipinski definition) is 0. The molecule has 2 aromatic carbocycles. The molecule has 0 aliphatic heterocycles. The molecule has 0 nitrogen and oxygen atoms in total. The second-order valence-corrected chi connectivity index (χ2v) is 2.57. The van der Waals surface area contributed by atoms with Crippen molar-refractivity contribution < 1.29 is 2.74 Å². The summed E-state index contributed by atoms with van der Waals surface area (Å²) in [6.45, 7) is 0. The quantitative estimate of drug-likeness (QED) is 0.594. The molecule has 2 rings (SSSR count). The van der Waals surface area contributed by atoms with E-state index >= 15 is 0 Å². The van der Waals surface area contributed by atoms with Gasteiger partial charge < -0.3 is 0 Å². The smallest absolute Gasteiger partial charge is 0.0622 e. The van der Waals surface area contributed by atoms with Crippen molar-refractivity contribution in [3.63, 3.8) is 0 Å². The molecule has 0 radical (unpaired) electrons. The fourth-order valence-corrected chi connectivity index (χ4v) is 1.14. The molecule has 0 atom stereocenters. The van der Waals surface area contributed by atoms with Gasteiger partial charge in [-0.3, -0.25) is 0 Å². The summed E-state index contributed by atoms with van der Waals surface area (Å²) in [5.74, 6) is 0.